The Labute approximate surface area is 150 Å². The van der Waals surface area contributed by atoms with Crippen LogP contribution in [-0.4, -0.2) is 15.8 Å². The number of Topliss-reactive ketones (excluding diaryl/α,β-unsaturated/α-hetero) is 1. The maximum atomic E-state index is 11.3. The quantitative estimate of drug-likeness (QED) is 0.588. The maximum absolute atomic E-state index is 11.3. The number of halogens is 1. The van der Waals surface area contributed by atoms with E-state index in [1.807, 2.05) is 12.1 Å². The SMILES string of the molecule is CC(=O)c1ccc(Nc2ncnc(Nc3cccc(Cl)c3)c2N)cc1. The molecule has 0 aliphatic rings. The molecule has 0 saturated carbocycles. The molecule has 0 fully saturated rings. The first-order valence-electron chi connectivity index (χ1n) is 7.54. The van der Waals surface area contributed by atoms with Gasteiger partial charge in [0.05, 0.1) is 0 Å². The molecule has 3 aromatic rings. The summed E-state index contributed by atoms with van der Waals surface area (Å²) in [5.41, 5.74) is 8.71. The van der Waals surface area contributed by atoms with Crippen LogP contribution < -0.4 is 16.4 Å². The minimum Gasteiger partial charge on any atom is -0.393 e. The van der Waals surface area contributed by atoms with E-state index in [4.69, 9.17) is 17.3 Å². The number of carbonyl (C=O) groups excluding carboxylic acids is 1. The highest BCUT2D eigenvalue weighted by atomic mass is 35.5. The molecule has 7 heteroatoms. The average Bonchev–Trinajstić information content (AvgIpc) is 2.59. The lowest BCUT2D eigenvalue weighted by Gasteiger charge is -2.13. The van der Waals surface area contributed by atoms with Crippen LogP contribution in [0.5, 0.6) is 0 Å². The molecule has 2 aromatic carbocycles. The third kappa shape index (κ3) is 4.05. The molecule has 0 amide bonds. The minimum absolute atomic E-state index is 0.0149. The Bertz CT molecular complexity index is 912. The number of rotatable bonds is 5. The number of nitrogens with zero attached hydrogens (tertiary/aromatic N) is 2. The molecule has 0 spiro atoms. The minimum atomic E-state index is 0.0149. The summed E-state index contributed by atoms with van der Waals surface area (Å²) < 4.78 is 0. The molecular weight excluding hydrogens is 338 g/mol. The van der Waals surface area contributed by atoms with Gasteiger partial charge in [-0.25, -0.2) is 9.97 Å². The summed E-state index contributed by atoms with van der Waals surface area (Å²) >= 11 is 5.98. The van der Waals surface area contributed by atoms with Gasteiger partial charge < -0.3 is 16.4 Å². The fraction of sp³-hybridized carbons (Fsp3) is 0.0556. The van der Waals surface area contributed by atoms with Crippen molar-refractivity contribution in [1.29, 1.82) is 0 Å². The lowest BCUT2D eigenvalue weighted by Crippen LogP contribution is -2.05. The van der Waals surface area contributed by atoms with Gasteiger partial charge in [-0.15, -0.1) is 0 Å². The van der Waals surface area contributed by atoms with Gasteiger partial charge in [-0.2, -0.15) is 0 Å². The molecule has 25 heavy (non-hydrogen) atoms. The first-order valence-corrected chi connectivity index (χ1v) is 7.92. The molecular formula is C18H16ClN5O. The Hall–Kier alpha value is -3.12. The topological polar surface area (TPSA) is 92.9 Å². The standard InChI is InChI=1S/C18H16ClN5O/c1-11(25)12-5-7-14(8-6-12)23-17-16(20)18(22-10-21-17)24-15-4-2-3-13(19)9-15/h2-10H,20H2,1H3,(H2,21,22,23,24). The molecule has 0 aliphatic carbocycles. The largest absolute Gasteiger partial charge is 0.393 e. The van der Waals surface area contributed by atoms with Crippen molar-refractivity contribution >= 4 is 46.1 Å². The fourth-order valence-electron chi connectivity index (χ4n) is 2.22. The van der Waals surface area contributed by atoms with Crippen LogP contribution in [-0.2, 0) is 0 Å². The van der Waals surface area contributed by atoms with E-state index >= 15 is 0 Å². The Balaban J connectivity index is 1.82. The monoisotopic (exact) mass is 353 g/mol. The number of hydrogen-bond donors (Lipinski definition) is 3. The van der Waals surface area contributed by atoms with Crippen LogP contribution >= 0.6 is 11.6 Å². The van der Waals surface area contributed by atoms with Gasteiger partial charge in [0, 0.05) is 22.0 Å². The highest BCUT2D eigenvalue weighted by Gasteiger charge is 2.09. The maximum Gasteiger partial charge on any atom is 0.159 e. The average molecular weight is 354 g/mol. The number of carbonyl (C=O) groups is 1. The lowest BCUT2D eigenvalue weighted by atomic mass is 10.1. The third-order valence-electron chi connectivity index (χ3n) is 3.53. The number of nitrogens with two attached hydrogens (primary N) is 1. The van der Waals surface area contributed by atoms with Crippen molar-refractivity contribution in [1.82, 2.24) is 9.97 Å². The molecule has 3 rings (SSSR count). The van der Waals surface area contributed by atoms with Crippen LogP contribution in [0.15, 0.2) is 54.9 Å². The van der Waals surface area contributed by atoms with Crippen LogP contribution in [0.2, 0.25) is 5.02 Å². The Morgan fingerprint density at radius 2 is 1.64 bits per heavy atom. The zero-order valence-electron chi connectivity index (χ0n) is 13.5. The zero-order valence-corrected chi connectivity index (χ0v) is 14.2. The van der Waals surface area contributed by atoms with Gasteiger partial charge in [0.15, 0.2) is 17.4 Å². The third-order valence-corrected chi connectivity index (χ3v) is 3.76. The second-order valence-electron chi connectivity index (χ2n) is 5.38. The molecule has 0 radical (unpaired) electrons. The molecule has 4 N–H and O–H groups in total. The summed E-state index contributed by atoms with van der Waals surface area (Å²) in [4.78, 5) is 19.7. The summed E-state index contributed by atoms with van der Waals surface area (Å²) in [6, 6.07) is 14.3. The van der Waals surface area contributed by atoms with Crippen LogP contribution in [0.3, 0.4) is 0 Å². The molecule has 126 valence electrons. The van der Waals surface area contributed by atoms with Crippen molar-refractivity contribution in [2.24, 2.45) is 0 Å². The summed E-state index contributed by atoms with van der Waals surface area (Å²) in [6.45, 7) is 1.53. The van der Waals surface area contributed by atoms with E-state index in [9.17, 15) is 4.79 Å². The number of aromatic nitrogens is 2. The van der Waals surface area contributed by atoms with E-state index in [0.717, 1.165) is 11.4 Å². The molecule has 0 saturated heterocycles. The van der Waals surface area contributed by atoms with Crippen LogP contribution in [0.1, 0.15) is 17.3 Å². The van der Waals surface area contributed by atoms with Gasteiger partial charge in [-0.05, 0) is 49.4 Å². The first kappa shape index (κ1) is 16.7. The van der Waals surface area contributed by atoms with E-state index in [-0.39, 0.29) is 5.78 Å². The van der Waals surface area contributed by atoms with Crippen molar-refractivity contribution in [3.8, 4) is 0 Å². The van der Waals surface area contributed by atoms with E-state index in [0.29, 0.717) is 27.9 Å². The van der Waals surface area contributed by atoms with Crippen LogP contribution in [0.25, 0.3) is 0 Å². The number of benzene rings is 2. The van der Waals surface area contributed by atoms with Crippen LogP contribution in [0.4, 0.5) is 28.7 Å². The number of anilines is 5. The molecule has 6 nitrogen and oxygen atoms in total. The summed E-state index contributed by atoms with van der Waals surface area (Å²) in [5, 5.41) is 6.85. The lowest BCUT2D eigenvalue weighted by molar-refractivity contribution is 0.101. The smallest absolute Gasteiger partial charge is 0.159 e. The second kappa shape index (κ2) is 7.19. The molecule has 1 heterocycles. The predicted octanol–water partition coefficient (Wildman–Crippen LogP) is 4.40. The van der Waals surface area contributed by atoms with Gasteiger partial charge in [0.1, 0.15) is 12.0 Å². The van der Waals surface area contributed by atoms with Crippen molar-refractivity contribution in [2.75, 3.05) is 16.4 Å². The summed E-state index contributed by atoms with van der Waals surface area (Å²) in [5.74, 6) is 0.955. The molecule has 0 aliphatic heterocycles. The Morgan fingerprint density at radius 1 is 1.00 bits per heavy atom. The number of ketones is 1. The van der Waals surface area contributed by atoms with E-state index in [1.54, 1.807) is 36.4 Å². The van der Waals surface area contributed by atoms with Gasteiger partial charge in [-0.1, -0.05) is 17.7 Å². The molecule has 0 bridgehead atoms. The van der Waals surface area contributed by atoms with Crippen molar-refractivity contribution in [3.05, 3.63) is 65.4 Å². The van der Waals surface area contributed by atoms with E-state index < -0.39 is 0 Å². The van der Waals surface area contributed by atoms with Crippen molar-refractivity contribution < 1.29 is 4.79 Å². The van der Waals surface area contributed by atoms with Gasteiger partial charge in [0.25, 0.3) is 0 Å². The Morgan fingerprint density at radius 3 is 2.24 bits per heavy atom. The second-order valence-corrected chi connectivity index (χ2v) is 5.81. The van der Waals surface area contributed by atoms with Crippen molar-refractivity contribution in [2.45, 2.75) is 6.92 Å². The van der Waals surface area contributed by atoms with Crippen molar-refractivity contribution in [3.63, 3.8) is 0 Å². The number of nitrogens with one attached hydrogen (secondary N) is 2. The van der Waals surface area contributed by atoms with E-state index in [2.05, 4.69) is 20.6 Å². The highest BCUT2D eigenvalue weighted by Crippen LogP contribution is 2.28. The summed E-state index contributed by atoms with van der Waals surface area (Å²) in [6.07, 6.45) is 1.41. The Kier molecular flexibility index (Phi) is 4.81. The summed E-state index contributed by atoms with van der Waals surface area (Å²) in [7, 11) is 0. The molecule has 0 atom stereocenters. The van der Waals surface area contributed by atoms with E-state index in [1.165, 1.54) is 13.3 Å². The number of nitrogen functional groups attached to an aromatic ring is 1. The van der Waals surface area contributed by atoms with Crippen LogP contribution in [0, 0.1) is 0 Å². The van der Waals surface area contributed by atoms with Gasteiger partial charge >= 0.3 is 0 Å². The molecule has 0 unspecified atom stereocenters. The van der Waals surface area contributed by atoms with Gasteiger partial charge in [-0.3, -0.25) is 4.79 Å². The fourth-order valence-corrected chi connectivity index (χ4v) is 2.41. The molecule has 1 aromatic heterocycles. The first-order chi connectivity index (χ1) is 12.0. The zero-order chi connectivity index (χ0) is 17.8. The number of hydrogen-bond acceptors (Lipinski definition) is 6. The highest BCUT2D eigenvalue weighted by molar-refractivity contribution is 6.30. The predicted molar refractivity (Wildman–Crippen MR) is 101 cm³/mol. The van der Waals surface area contributed by atoms with Gasteiger partial charge in [0.2, 0.25) is 0 Å². The normalized spacial score (nSPS) is 10.3.